The van der Waals surface area contributed by atoms with E-state index in [1.165, 1.54) is 0 Å². The molecule has 2 atom stereocenters. The highest BCUT2D eigenvalue weighted by molar-refractivity contribution is 5.76. The number of hydrogen-bond acceptors (Lipinski definition) is 3. The van der Waals surface area contributed by atoms with Gasteiger partial charge in [-0.15, -0.1) is 0 Å². The van der Waals surface area contributed by atoms with Crippen LogP contribution in [0.25, 0.3) is 0 Å². The van der Waals surface area contributed by atoms with Crippen molar-refractivity contribution in [2.24, 2.45) is 5.41 Å². The van der Waals surface area contributed by atoms with Gasteiger partial charge in [-0.2, -0.15) is 0 Å². The van der Waals surface area contributed by atoms with E-state index in [-0.39, 0.29) is 24.4 Å². The van der Waals surface area contributed by atoms with E-state index in [9.17, 15) is 14.7 Å². The number of amides is 2. The average Bonchev–Trinajstić information content (AvgIpc) is 2.24. The number of nitrogens with one attached hydrogen (secondary N) is 1. The van der Waals surface area contributed by atoms with Crippen LogP contribution in [0.15, 0.2) is 0 Å². The zero-order valence-electron chi connectivity index (χ0n) is 12.8. The summed E-state index contributed by atoms with van der Waals surface area (Å²) in [4.78, 5) is 24.7. The zero-order valence-corrected chi connectivity index (χ0v) is 12.8. The molecule has 2 amide bonds. The third-order valence-electron chi connectivity index (χ3n) is 3.68. The number of likely N-dealkylation sites (tertiary alicyclic amines) is 1. The first-order chi connectivity index (χ1) is 9.01. The Kier molecular flexibility index (Phi) is 5.02. The largest absolute Gasteiger partial charge is 0.481 e. The molecule has 1 heterocycles. The molecule has 2 unspecified atom stereocenters. The summed E-state index contributed by atoms with van der Waals surface area (Å²) in [5.41, 5.74) is -1.20. The molecule has 0 bridgehead atoms. The standard InChI is InChI=1S/C14H26N2O4/c1-13(2,3)10(8-11(17)18)15-12(19)16-7-5-6-14(4,20)9-16/h10,20H,5-9H2,1-4H3,(H,15,19)(H,17,18). The number of carboxylic acids is 1. The van der Waals surface area contributed by atoms with Crippen molar-refractivity contribution in [1.82, 2.24) is 10.2 Å². The van der Waals surface area contributed by atoms with Crippen LogP contribution in [0.5, 0.6) is 0 Å². The van der Waals surface area contributed by atoms with Crippen LogP contribution in [0.2, 0.25) is 0 Å². The second-order valence-electron chi connectivity index (χ2n) is 6.99. The molecule has 1 aliphatic rings. The molecule has 20 heavy (non-hydrogen) atoms. The van der Waals surface area contributed by atoms with E-state index >= 15 is 0 Å². The van der Waals surface area contributed by atoms with E-state index in [0.29, 0.717) is 13.0 Å². The van der Waals surface area contributed by atoms with Gasteiger partial charge in [0.05, 0.1) is 18.6 Å². The van der Waals surface area contributed by atoms with Crippen molar-refractivity contribution in [2.45, 2.75) is 58.6 Å². The minimum absolute atomic E-state index is 0.112. The maximum absolute atomic E-state index is 12.2. The second kappa shape index (κ2) is 5.99. The van der Waals surface area contributed by atoms with Gasteiger partial charge in [0, 0.05) is 12.6 Å². The molecule has 0 spiro atoms. The lowest BCUT2D eigenvalue weighted by molar-refractivity contribution is -0.138. The van der Waals surface area contributed by atoms with E-state index in [2.05, 4.69) is 5.32 Å². The summed E-state index contributed by atoms with van der Waals surface area (Å²) >= 11 is 0. The smallest absolute Gasteiger partial charge is 0.317 e. The maximum Gasteiger partial charge on any atom is 0.317 e. The van der Waals surface area contributed by atoms with Crippen LogP contribution in [0.4, 0.5) is 4.79 Å². The van der Waals surface area contributed by atoms with Crippen LogP contribution >= 0.6 is 0 Å². The number of β-amino-alcohol motifs (C(OH)–C–C–N with tert-alkyl or cyclic N) is 1. The minimum Gasteiger partial charge on any atom is -0.481 e. The van der Waals surface area contributed by atoms with Crippen molar-refractivity contribution in [3.05, 3.63) is 0 Å². The number of urea groups is 1. The van der Waals surface area contributed by atoms with Crippen LogP contribution in [-0.4, -0.2) is 51.8 Å². The highest BCUT2D eigenvalue weighted by Crippen LogP contribution is 2.24. The molecule has 1 rings (SSSR count). The molecule has 0 saturated carbocycles. The predicted molar refractivity (Wildman–Crippen MR) is 75.5 cm³/mol. The molecule has 0 radical (unpaired) electrons. The van der Waals surface area contributed by atoms with Crippen LogP contribution in [-0.2, 0) is 4.79 Å². The lowest BCUT2D eigenvalue weighted by atomic mass is 9.85. The third kappa shape index (κ3) is 5.00. The molecule has 6 nitrogen and oxygen atoms in total. The molecule has 116 valence electrons. The fourth-order valence-corrected chi connectivity index (χ4v) is 2.38. The zero-order chi connectivity index (χ0) is 15.6. The van der Waals surface area contributed by atoms with Crippen molar-refractivity contribution in [2.75, 3.05) is 13.1 Å². The van der Waals surface area contributed by atoms with E-state index in [1.54, 1.807) is 11.8 Å². The molecule has 1 saturated heterocycles. The van der Waals surface area contributed by atoms with E-state index in [0.717, 1.165) is 6.42 Å². The van der Waals surface area contributed by atoms with Gasteiger partial charge in [0.25, 0.3) is 0 Å². The number of aliphatic hydroxyl groups is 1. The number of aliphatic carboxylic acids is 1. The Labute approximate surface area is 120 Å². The van der Waals surface area contributed by atoms with E-state index < -0.39 is 17.6 Å². The Morgan fingerprint density at radius 1 is 1.40 bits per heavy atom. The first-order valence-corrected chi connectivity index (χ1v) is 7.01. The second-order valence-corrected chi connectivity index (χ2v) is 6.99. The Morgan fingerprint density at radius 2 is 2.00 bits per heavy atom. The van der Waals surface area contributed by atoms with Gasteiger partial charge >= 0.3 is 12.0 Å². The monoisotopic (exact) mass is 286 g/mol. The third-order valence-corrected chi connectivity index (χ3v) is 3.68. The lowest BCUT2D eigenvalue weighted by Gasteiger charge is -2.39. The number of nitrogens with zero attached hydrogens (tertiary/aromatic N) is 1. The molecule has 0 aromatic rings. The number of carbonyl (C=O) groups excluding carboxylic acids is 1. The predicted octanol–water partition coefficient (Wildman–Crippen LogP) is 1.43. The van der Waals surface area contributed by atoms with Gasteiger partial charge in [-0.1, -0.05) is 20.8 Å². The van der Waals surface area contributed by atoms with Crippen LogP contribution in [0.3, 0.4) is 0 Å². The Balaban J connectivity index is 2.68. The molecule has 0 aromatic carbocycles. The summed E-state index contributed by atoms with van der Waals surface area (Å²) in [6, 6.07) is -0.745. The number of hydrogen-bond donors (Lipinski definition) is 3. The summed E-state index contributed by atoms with van der Waals surface area (Å²) in [7, 11) is 0. The molecule has 1 fully saturated rings. The Hall–Kier alpha value is -1.30. The van der Waals surface area contributed by atoms with Gasteiger partial charge in [-0.05, 0) is 25.2 Å². The fourth-order valence-electron chi connectivity index (χ4n) is 2.38. The van der Waals surface area contributed by atoms with E-state index in [4.69, 9.17) is 5.11 Å². The topological polar surface area (TPSA) is 89.9 Å². The van der Waals surface area contributed by atoms with Gasteiger partial charge in [0.2, 0.25) is 0 Å². The van der Waals surface area contributed by atoms with Crippen LogP contribution in [0, 0.1) is 5.41 Å². The minimum atomic E-state index is -0.934. The van der Waals surface area contributed by atoms with Crippen molar-refractivity contribution < 1.29 is 19.8 Å². The van der Waals surface area contributed by atoms with Crippen molar-refractivity contribution >= 4 is 12.0 Å². The molecule has 0 aliphatic carbocycles. The fraction of sp³-hybridized carbons (Fsp3) is 0.857. The average molecular weight is 286 g/mol. The van der Waals surface area contributed by atoms with Crippen LogP contribution < -0.4 is 5.32 Å². The quantitative estimate of drug-likeness (QED) is 0.732. The Bertz CT molecular complexity index is 374. The summed E-state index contributed by atoms with van der Waals surface area (Å²) in [6.45, 7) is 8.27. The lowest BCUT2D eigenvalue weighted by Crippen LogP contribution is -2.55. The van der Waals surface area contributed by atoms with Crippen molar-refractivity contribution in [3.63, 3.8) is 0 Å². The molecule has 1 aliphatic heterocycles. The highest BCUT2D eigenvalue weighted by Gasteiger charge is 2.34. The number of carbonyl (C=O) groups is 2. The van der Waals surface area contributed by atoms with Gasteiger partial charge in [-0.25, -0.2) is 4.79 Å². The number of piperidine rings is 1. The first-order valence-electron chi connectivity index (χ1n) is 7.01. The highest BCUT2D eigenvalue weighted by atomic mass is 16.4. The van der Waals surface area contributed by atoms with Gasteiger partial charge in [0.1, 0.15) is 0 Å². The molecule has 0 aromatic heterocycles. The van der Waals surface area contributed by atoms with Gasteiger partial charge in [-0.3, -0.25) is 4.79 Å². The first kappa shape index (κ1) is 16.8. The van der Waals surface area contributed by atoms with Crippen molar-refractivity contribution in [1.29, 1.82) is 0 Å². The van der Waals surface area contributed by atoms with Gasteiger partial charge in [0.15, 0.2) is 0 Å². The van der Waals surface area contributed by atoms with Crippen LogP contribution in [0.1, 0.15) is 47.0 Å². The molecule has 3 N–H and O–H groups in total. The normalized spacial score (nSPS) is 25.1. The van der Waals surface area contributed by atoms with E-state index in [1.807, 2.05) is 20.8 Å². The molecular formula is C14H26N2O4. The summed E-state index contributed by atoms with van der Waals surface area (Å²) in [5, 5.41) is 21.8. The Morgan fingerprint density at radius 3 is 2.45 bits per heavy atom. The summed E-state index contributed by atoms with van der Waals surface area (Å²) in [6.07, 6.45) is 1.31. The summed E-state index contributed by atoms with van der Waals surface area (Å²) < 4.78 is 0. The molecular weight excluding hydrogens is 260 g/mol. The summed E-state index contributed by atoms with van der Waals surface area (Å²) in [5.74, 6) is -0.934. The number of carboxylic acid groups (broad SMARTS) is 1. The van der Waals surface area contributed by atoms with Crippen molar-refractivity contribution in [3.8, 4) is 0 Å². The molecule has 6 heteroatoms. The van der Waals surface area contributed by atoms with Gasteiger partial charge < -0.3 is 20.4 Å². The number of rotatable bonds is 3. The SMILES string of the molecule is CC1(O)CCCN(C(=O)NC(CC(=O)O)C(C)(C)C)C1. The maximum atomic E-state index is 12.2.